The van der Waals surface area contributed by atoms with Gasteiger partial charge in [-0.15, -0.1) is 0 Å². The van der Waals surface area contributed by atoms with Gasteiger partial charge in [0.1, 0.15) is 0 Å². The number of benzene rings is 1. The van der Waals surface area contributed by atoms with E-state index in [9.17, 15) is 9.59 Å². The van der Waals surface area contributed by atoms with Crippen molar-refractivity contribution in [1.82, 2.24) is 4.90 Å². The summed E-state index contributed by atoms with van der Waals surface area (Å²) in [6.07, 6.45) is 1.49. The van der Waals surface area contributed by atoms with Crippen LogP contribution >= 0.6 is 11.6 Å². The molecule has 0 aromatic heterocycles. The SMILES string of the molecule is CCOC(=O)C1CCCN(C(=O)c2cc(Cl)c(OC)c(OC)c2)C1. The summed E-state index contributed by atoms with van der Waals surface area (Å²) >= 11 is 6.17. The van der Waals surface area contributed by atoms with Gasteiger partial charge in [-0.25, -0.2) is 0 Å². The molecular weight excluding hydrogens is 334 g/mol. The van der Waals surface area contributed by atoms with Crippen LogP contribution in [0.3, 0.4) is 0 Å². The fraction of sp³-hybridized carbons (Fsp3) is 0.529. The van der Waals surface area contributed by atoms with Gasteiger partial charge >= 0.3 is 5.97 Å². The molecule has 0 bridgehead atoms. The van der Waals surface area contributed by atoms with Crippen molar-refractivity contribution in [2.75, 3.05) is 33.9 Å². The van der Waals surface area contributed by atoms with Crippen LogP contribution in [0.5, 0.6) is 11.5 Å². The number of piperidine rings is 1. The maximum atomic E-state index is 12.8. The molecule has 1 amide bonds. The lowest BCUT2D eigenvalue weighted by molar-refractivity contribution is -0.149. The Labute approximate surface area is 146 Å². The molecule has 1 atom stereocenters. The molecule has 0 aliphatic carbocycles. The van der Waals surface area contributed by atoms with E-state index in [2.05, 4.69) is 0 Å². The van der Waals surface area contributed by atoms with E-state index in [1.54, 1.807) is 24.0 Å². The molecule has 0 N–H and O–H groups in total. The van der Waals surface area contributed by atoms with Crippen LogP contribution < -0.4 is 9.47 Å². The number of halogens is 1. The number of rotatable bonds is 5. The number of likely N-dealkylation sites (tertiary alicyclic amines) is 1. The monoisotopic (exact) mass is 355 g/mol. The van der Waals surface area contributed by atoms with Crippen molar-refractivity contribution in [2.24, 2.45) is 5.92 Å². The Morgan fingerprint density at radius 2 is 2.04 bits per heavy atom. The molecule has 0 spiro atoms. The van der Waals surface area contributed by atoms with Crippen molar-refractivity contribution in [1.29, 1.82) is 0 Å². The number of amides is 1. The molecule has 1 fully saturated rings. The van der Waals surface area contributed by atoms with E-state index in [-0.39, 0.29) is 17.8 Å². The average molecular weight is 356 g/mol. The van der Waals surface area contributed by atoms with Crippen LogP contribution in [0.2, 0.25) is 5.02 Å². The third-order valence-electron chi connectivity index (χ3n) is 4.01. The molecule has 24 heavy (non-hydrogen) atoms. The first kappa shape index (κ1) is 18.4. The predicted molar refractivity (Wildman–Crippen MR) is 89.8 cm³/mol. The van der Waals surface area contributed by atoms with Crippen molar-refractivity contribution in [2.45, 2.75) is 19.8 Å². The summed E-state index contributed by atoms with van der Waals surface area (Å²) in [7, 11) is 2.97. The zero-order chi connectivity index (χ0) is 17.7. The van der Waals surface area contributed by atoms with E-state index < -0.39 is 0 Å². The van der Waals surface area contributed by atoms with Crippen LogP contribution in [0.25, 0.3) is 0 Å². The zero-order valence-corrected chi connectivity index (χ0v) is 14.9. The van der Waals surface area contributed by atoms with Gasteiger partial charge in [-0.3, -0.25) is 9.59 Å². The number of hydrogen-bond donors (Lipinski definition) is 0. The standard InChI is InChI=1S/C17H22ClNO5/c1-4-24-17(21)11-6-5-7-19(10-11)16(20)12-8-13(18)15(23-3)14(9-12)22-2/h8-9,11H,4-7,10H2,1-3H3. The Morgan fingerprint density at radius 1 is 1.29 bits per heavy atom. The van der Waals surface area contributed by atoms with Crippen molar-refractivity contribution in [3.63, 3.8) is 0 Å². The number of carbonyl (C=O) groups excluding carboxylic acids is 2. The normalized spacial score (nSPS) is 17.3. The highest BCUT2D eigenvalue weighted by atomic mass is 35.5. The van der Waals surface area contributed by atoms with E-state index in [0.29, 0.717) is 41.8 Å². The third kappa shape index (κ3) is 3.93. The highest BCUT2D eigenvalue weighted by Gasteiger charge is 2.30. The van der Waals surface area contributed by atoms with E-state index in [4.69, 9.17) is 25.8 Å². The van der Waals surface area contributed by atoms with Crippen molar-refractivity contribution < 1.29 is 23.8 Å². The Balaban J connectivity index is 2.19. The first-order valence-electron chi connectivity index (χ1n) is 7.89. The Bertz CT molecular complexity index is 619. The van der Waals surface area contributed by atoms with Crippen LogP contribution in [-0.4, -0.2) is 50.7 Å². The number of methoxy groups -OCH3 is 2. The van der Waals surface area contributed by atoms with E-state index in [1.165, 1.54) is 14.2 Å². The second-order valence-electron chi connectivity index (χ2n) is 5.54. The molecule has 1 aliphatic heterocycles. The van der Waals surface area contributed by atoms with Crippen molar-refractivity contribution >= 4 is 23.5 Å². The van der Waals surface area contributed by atoms with Gasteiger partial charge in [0.2, 0.25) is 0 Å². The van der Waals surface area contributed by atoms with E-state index in [1.807, 2.05) is 0 Å². The van der Waals surface area contributed by atoms with Gasteiger partial charge in [0, 0.05) is 18.7 Å². The second-order valence-corrected chi connectivity index (χ2v) is 5.94. The Morgan fingerprint density at radius 3 is 2.67 bits per heavy atom. The lowest BCUT2D eigenvalue weighted by Crippen LogP contribution is -2.42. The molecule has 6 nitrogen and oxygen atoms in total. The maximum Gasteiger partial charge on any atom is 0.310 e. The van der Waals surface area contributed by atoms with Gasteiger partial charge in [0.25, 0.3) is 5.91 Å². The number of nitrogens with zero attached hydrogens (tertiary/aromatic N) is 1. The summed E-state index contributed by atoms with van der Waals surface area (Å²) in [4.78, 5) is 26.3. The van der Waals surface area contributed by atoms with Gasteiger partial charge in [0.05, 0.1) is 31.8 Å². The second kappa shape index (κ2) is 8.24. The first-order valence-corrected chi connectivity index (χ1v) is 8.27. The average Bonchev–Trinajstić information content (AvgIpc) is 2.60. The van der Waals surface area contributed by atoms with Crippen LogP contribution in [0.1, 0.15) is 30.1 Å². The molecule has 7 heteroatoms. The molecule has 1 saturated heterocycles. The zero-order valence-electron chi connectivity index (χ0n) is 14.1. The van der Waals surface area contributed by atoms with Gasteiger partial charge < -0.3 is 19.1 Å². The number of esters is 1. The first-order chi connectivity index (χ1) is 11.5. The number of hydrogen-bond acceptors (Lipinski definition) is 5. The fourth-order valence-electron chi connectivity index (χ4n) is 2.84. The summed E-state index contributed by atoms with van der Waals surface area (Å²) < 4.78 is 15.5. The van der Waals surface area contributed by atoms with Crippen molar-refractivity contribution in [3.8, 4) is 11.5 Å². The quantitative estimate of drug-likeness (QED) is 0.760. The number of ether oxygens (including phenoxy) is 3. The molecule has 1 heterocycles. The molecular formula is C17H22ClNO5. The lowest BCUT2D eigenvalue weighted by atomic mass is 9.97. The van der Waals surface area contributed by atoms with Gasteiger partial charge in [-0.05, 0) is 31.9 Å². The highest BCUT2D eigenvalue weighted by Crippen LogP contribution is 2.36. The number of carbonyl (C=O) groups is 2. The third-order valence-corrected chi connectivity index (χ3v) is 4.29. The van der Waals surface area contributed by atoms with Crippen LogP contribution in [0.15, 0.2) is 12.1 Å². The van der Waals surface area contributed by atoms with Crippen molar-refractivity contribution in [3.05, 3.63) is 22.7 Å². The molecule has 1 unspecified atom stereocenters. The molecule has 2 rings (SSSR count). The molecule has 1 aromatic carbocycles. The van der Waals surface area contributed by atoms with Gasteiger partial charge in [0.15, 0.2) is 11.5 Å². The van der Waals surface area contributed by atoms with Crippen LogP contribution in [0, 0.1) is 5.92 Å². The molecule has 1 aliphatic rings. The predicted octanol–water partition coefficient (Wildman–Crippen LogP) is 2.77. The lowest BCUT2D eigenvalue weighted by Gasteiger charge is -2.31. The molecule has 1 aromatic rings. The highest BCUT2D eigenvalue weighted by molar-refractivity contribution is 6.32. The van der Waals surface area contributed by atoms with E-state index >= 15 is 0 Å². The molecule has 0 radical (unpaired) electrons. The molecule has 132 valence electrons. The Hall–Kier alpha value is -1.95. The minimum absolute atomic E-state index is 0.188. The Kier molecular flexibility index (Phi) is 6.31. The summed E-state index contributed by atoms with van der Waals surface area (Å²) in [5, 5.41) is 0.305. The largest absolute Gasteiger partial charge is 0.493 e. The smallest absolute Gasteiger partial charge is 0.310 e. The van der Waals surface area contributed by atoms with Crippen LogP contribution in [0.4, 0.5) is 0 Å². The van der Waals surface area contributed by atoms with Crippen LogP contribution in [-0.2, 0) is 9.53 Å². The minimum Gasteiger partial charge on any atom is -0.493 e. The minimum atomic E-state index is -0.279. The topological polar surface area (TPSA) is 65.1 Å². The summed E-state index contributed by atoms with van der Waals surface area (Å²) in [6.45, 7) is 3.06. The fourth-order valence-corrected chi connectivity index (χ4v) is 3.13. The molecule has 0 saturated carbocycles. The van der Waals surface area contributed by atoms with E-state index in [0.717, 1.165) is 12.8 Å². The summed E-state index contributed by atoms with van der Waals surface area (Å²) in [5.41, 5.74) is 0.405. The maximum absolute atomic E-state index is 12.8. The van der Waals surface area contributed by atoms with Gasteiger partial charge in [-0.1, -0.05) is 11.6 Å². The summed E-state index contributed by atoms with van der Waals surface area (Å²) in [5.74, 6) is 0.0662. The van der Waals surface area contributed by atoms with Gasteiger partial charge in [-0.2, -0.15) is 0 Å². The summed E-state index contributed by atoms with van der Waals surface area (Å²) in [6, 6.07) is 3.15.